The van der Waals surface area contributed by atoms with Crippen LogP contribution in [0.4, 0.5) is 5.95 Å². The zero-order valence-electron chi connectivity index (χ0n) is 10.8. The van der Waals surface area contributed by atoms with Crippen LogP contribution in [0.3, 0.4) is 0 Å². The van der Waals surface area contributed by atoms with Crippen molar-refractivity contribution in [2.75, 3.05) is 5.73 Å². The first-order valence-corrected chi connectivity index (χ1v) is 6.80. The first kappa shape index (κ1) is 11.5. The smallest absolute Gasteiger partial charge is 0.201 e. The maximum atomic E-state index is 6.02. The van der Waals surface area contributed by atoms with Crippen LogP contribution in [0.1, 0.15) is 32.6 Å². The van der Waals surface area contributed by atoms with Gasteiger partial charge in [-0.05, 0) is 30.7 Å². The van der Waals surface area contributed by atoms with E-state index in [1.165, 1.54) is 25.7 Å². The molecule has 1 aliphatic carbocycles. The van der Waals surface area contributed by atoms with Gasteiger partial charge in [0.05, 0.1) is 11.7 Å². The van der Waals surface area contributed by atoms with Crippen LogP contribution >= 0.6 is 0 Å². The number of fused-ring (bicyclic) bond motifs is 1. The van der Waals surface area contributed by atoms with Crippen molar-refractivity contribution in [1.29, 1.82) is 0 Å². The number of imidazole rings is 1. The zero-order chi connectivity index (χ0) is 12.5. The molecule has 4 heteroatoms. The Morgan fingerprint density at radius 1 is 1.33 bits per heavy atom. The Hall–Kier alpha value is -1.58. The third kappa shape index (κ3) is 2.07. The fourth-order valence-electron chi connectivity index (χ4n) is 2.96. The van der Waals surface area contributed by atoms with Crippen molar-refractivity contribution in [2.24, 2.45) is 11.8 Å². The maximum Gasteiger partial charge on any atom is 0.201 e. The summed E-state index contributed by atoms with van der Waals surface area (Å²) in [6.45, 7) is 3.35. The lowest BCUT2D eigenvalue weighted by molar-refractivity contribution is 0.267. The molecule has 3 rings (SSSR count). The quantitative estimate of drug-likeness (QED) is 0.883. The molecule has 2 aromatic rings. The van der Waals surface area contributed by atoms with E-state index in [-0.39, 0.29) is 0 Å². The molecule has 0 unspecified atom stereocenters. The highest BCUT2D eigenvalue weighted by molar-refractivity contribution is 5.76. The molecular formula is C14H20N4. The summed E-state index contributed by atoms with van der Waals surface area (Å²) in [5.74, 6) is 2.26. The normalized spacial score (nSPS) is 24.5. The zero-order valence-corrected chi connectivity index (χ0v) is 10.8. The molecule has 0 amide bonds. The summed E-state index contributed by atoms with van der Waals surface area (Å²) in [6.07, 6.45) is 8.91. The molecule has 96 valence electrons. The molecule has 1 fully saturated rings. The summed E-state index contributed by atoms with van der Waals surface area (Å²) in [7, 11) is 0. The van der Waals surface area contributed by atoms with E-state index in [0.717, 1.165) is 29.4 Å². The Morgan fingerprint density at radius 2 is 2.11 bits per heavy atom. The van der Waals surface area contributed by atoms with Crippen molar-refractivity contribution in [1.82, 2.24) is 14.5 Å². The molecule has 2 aromatic heterocycles. The third-order valence-electron chi connectivity index (χ3n) is 4.16. The van der Waals surface area contributed by atoms with Gasteiger partial charge in [0.1, 0.15) is 5.52 Å². The van der Waals surface area contributed by atoms with Crippen LogP contribution in [0.25, 0.3) is 11.0 Å². The van der Waals surface area contributed by atoms with Gasteiger partial charge in [0.25, 0.3) is 0 Å². The highest BCUT2D eigenvalue weighted by atomic mass is 15.2. The lowest BCUT2D eigenvalue weighted by Crippen LogP contribution is -2.18. The minimum Gasteiger partial charge on any atom is -0.369 e. The van der Waals surface area contributed by atoms with Gasteiger partial charge in [0.2, 0.25) is 5.95 Å². The van der Waals surface area contributed by atoms with Gasteiger partial charge in [-0.1, -0.05) is 19.8 Å². The van der Waals surface area contributed by atoms with Crippen LogP contribution in [-0.2, 0) is 6.54 Å². The van der Waals surface area contributed by atoms with Crippen LogP contribution in [0.2, 0.25) is 0 Å². The van der Waals surface area contributed by atoms with Gasteiger partial charge >= 0.3 is 0 Å². The van der Waals surface area contributed by atoms with Gasteiger partial charge in [-0.15, -0.1) is 0 Å². The van der Waals surface area contributed by atoms with E-state index >= 15 is 0 Å². The van der Waals surface area contributed by atoms with Crippen molar-refractivity contribution < 1.29 is 0 Å². The van der Waals surface area contributed by atoms with Gasteiger partial charge in [0, 0.05) is 12.7 Å². The maximum absolute atomic E-state index is 6.02. The first-order chi connectivity index (χ1) is 8.74. The van der Waals surface area contributed by atoms with Crippen LogP contribution in [-0.4, -0.2) is 14.5 Å². The van der Waals surface area contributed by atoms with Crippen molar-refractivity contribution in [3.8, 4) is 0 Å². The van der Waals surface area contributed by atoms with E-state index in [2.05, 4.69) is 21.5 Å². The second kappa shape index (κ2) is 4.59. The predicted octanol–water partition coefficient (Wildman–Crippen LogP) is 2.84. The number of nitrogen functional groups attached to an aromatic ring is 1. The Labute approximate surface area is 107 Å². The fourth-order valence-corrected chi connectivity index (χ4v) is 2.96. The van der Waals surface area contributed by atoms with E-state index in [0.29, 0.717) is 5.95 Å². The standard InChI is InChI=1S/C14H20N4/c1-10-2-4-11(5-3-10)9-18-13-6-7-16-8-12(13)17-14(18)15/h6-8,10-11H,2-5,9H2,1H3,(H2,15,17). The molecule has 18 heavy (non-hydrogen) atoms. The molecule has 2 N–H and O–H groups in total. The number of anilines is 1. The van der Waals surface area contributed by atoms with Gasteiger partial charge in [-0.25, -0.2) is 4.98 Å². The molecule has 0 saturated heterocycles. The molecule has 0 aliphatic heterocycles. The van der Waals surface area contributed by atoms with E-state index in [1.807, 2.05) is 12.3 Å². The summed E-state index contributed by atoms with van der Waals surface area (Å²) < 4.78 is 2.15. The molecule has 0 bridgehead atoms. The van der Waals surface area contributed by atoms with E-state index in [1.54, 1.807) is 6.20 Å². The fraction of sp³-hybridized carbons (Fsp3) is 0.571. The average Bonchev–Trinajstić information content (AvgIpc) is 2.69. The van der Waals surface area contributed by atoms with Gasteiger partial charge in [-0.2, -0.15) is 0 Å². The molecule has 0 radical (unpaired) electrons. The lowest BCUT2D eigenvalue weighted by atomic mass is 9.83. The first-order valence-electron chi connectivity index (χ1n) is 6.80. The minimum absolute atomic E-state index is 0.622. The highest BCUT2D eigenvalue weighted by Crippen LogP contribution is 2.30. The molecule has 4 nitrogen and oxygen atoms in total. The van der Waals surface area contributed by atoms with Crippen molar-refractivity contribution in [3.63, 3.8) is 0 Å². The second-order valence-corrected chi connectivity index (χ2v) is 5.57. The molecular weight excluding hydrogens is 224 g/mol. The SMILES string of the molecule is CC1CCC(Cn2c(N)nc3cnccc32)CC1. The number of aromatic nitrogens is 3. The van der Waals surface area contributed by atoms with Crippen molar-refractivity contribution >= 4 is 17.0 Å². The molecule has 0 atom stereocenters. The molecule has 0 aromatic carbocycles. The summed E-state index contributed by atoms with van der Waals surface area (Å²) in [5, 5.41) is 0. The largest absolute Gasteiger partial charge is 0.369 e. The predicted molar refractivity (Wildman–Crippen MR) is 73.1 cm³/mol. The molecule has 0 spiro atoms. The summed E-state index contributed by atoms with van der Waals surface area (Å²) >= 11 is 0. The number of hydrogen-bond donors (Lipinski definition) is 1. The minimum atomic E-state index is 0.622. The topological polar surface area (TPSA) is 56.7 Å². The molecule has 1 aliphatic rings. The second-order valence-electron chi connectivity index (χ2n) is 5.57. The van der Waals surface area contributed by atoms with Crippen molar-refractivity contribution in [3.05, 3.63) is 18.5 Å². The highest BCUT2D eigenvalue weighted by Gasteiger charge is 2.20. The number of nitrogens with two attached hydrogens (primary N) is 1. The van der Waals surface area contributed by atoms with E-state index < -0.39 is 0 Å². The van der Waals surface area contributed by atoms with Crippen LogP contribution in [0.5, 0.6) is 0 Å². The average molecular weight is 244 g/mol. The molecule has 1 saturated carbocycles. The Bertz CT molecular complexity index is 538. The van der Waals surface area contributed by atoms with Crippen LogP contribution < -0.4 is 5.73 Å². The summed E-state index contributed by atoms with van der Waals surface area (Å²) in [6, 6.07) is 2.00. The molecule has 2 heterocycles. The lowest BCUT2D eigenvalue weighted by Gasteiger charge is -2.26. The van der Waals surface area contributed by atoms with Gasteiger partial charge in [-0.3, -0.25) is 4.98 Å². The summed E-state index contributed by atoms with van der Waals surface area (Å²) in [4.78, 5) is 8.46. The monoisotopic (exact) mass is 244 g/mol. The Morgan fingerprint density at radius 3 is 2.89 bits per heavy atom. The number of pyridine rings is 1. The van der Waals surface area contributed by atoms with Gasteiger partial charge < -0.3 is 10.3 Å². The van der Waals surface area contributed by atoms with Gasteiger partial charge in [0.15, 0.2) is 0 Å². The Kier molecular flexibility index (Phi) is 2.94. The van der Waals surface area contributed by atoms with E-state index in [9.17, 15) is 0 Å². The van der Waals surface area contributed by atoms with Crippen molar-refractivity contribution in [2.45, 2.75) is 39.2 Å². The van der Waals surface area contributed by atoms with Crippen LogP contribution in [0.15, 0.2) is 18.5 Å². The van der Waals surface area contributed by atoms with Crippen LogP contribution in [0, 0.1) is 11.8 Å². The third-order valence-corrected chi connectivity index (χ3v) is 4.16. The van der Waals surface area contributed by atoms with E-state index in [4.69, 9.17) is 5.73 Å². The Balaban J connectivity index is 1.84. The number of nitrogens with zero attached hydrogens (tertiary/aromatic N) is 3. The number of rotatable bonds is 2. The number of hydrogen-bond acceptors (Lipinski definition) is 3. The summed E-state index contributed by atoms with van der Waals surface area (Å²) in [5.41, 5.74) is 8.04.